The third kappa shape index (κ3) is 2.03. The van der Waals surface area contributed by atoms with Crippen molar-refractivity contribution in [2.24, 2.45) is 0 Å². The van der Waals surface area contributed by atoms with Crippen molar-refractivity contribution in [2.75, 3.05) is 6.61 Å². The van der Waals surface area contributed by atoms with Crippen LogP contribution in [0.15, 0.2) is 0 Å². The Hall–Kier alpha value is -0.820. The molecule has 0 saturated carbocycles. The highest BCUT2D eigenvalue weighted by atomic mass is 19.4. The first kappa shape index (κ1) is 16.2. The standard InChI is InChI=1S/C6H3F10NO2/c7-2(8,1-18)17-3(9,10)5(13,14)19-6(15,16)4(17,11)12/h18H,1H2. The van der Waals surface area contributed by atoms with E-state index in [2.05, 4.69) is 0 Å². The molecular formula is C6H3F10NO2. The molecule has 1 saturated heterocycles. The first-order valence-electron chi connectivity index (χ1n) is 4.14. The fourth-order valence-electron chi connectivity index (χ4n) is 1.20. The number of aliphatic hydroxyl groups excluding tert-OH is 1. The predicted molar refractivity (Wildman–Crippen MR) is 34.7 cm³/mol. The number of hydrogen-bond donors (Lipinski definition) is 1. The van der Waals surface area contributed by atoms with Crippen molar-refractivity contribution in [1.29, 1.82) is 0 Å². The third-order valence-electron chi connectivity index (χ3n) is 2.04. The lowest BCUT2D eigenvalue weighted by Gasteiger charge is -2.48. The summed E-state index contributed by atoms with van der Waals surface area (Å²) in [6.45, 7) is -2.83. The lowest BCUT2D eigenvalue weighted by atomic mass is 10.2. The molecule has 0 bridgehead atoms. The van der Waals surface area contributed by atoms with Crippen molar-refractivity contribution >= 4 is 0 Å². The van der Waals surface area contributed by atoms with E-state index in [9.17, 15) is 43.9 Å². The van der Waals surface area contributed by atoms with E-state index in [-0.39, 0.29) is 0 Å². The highest BCUT2D eigenvalue weighted by molar-refractivity contribution is 4.97. The van der Waals surface area contributed by atoms with Crippen LogP contribution in [-0.2, 0) is 4.74 Å². The van der Waals surface area contributed by atoms with Crippen molar-refractivity contribution in [2.45, 2.75) is 30.4 Å². The lowest BCUT2D eigenvalue weighted by Crippen LogP contribution is -2.78. The first-order chi connectivity index (χ1) is 8.13. The molecule has 3 nitrogen and oxygen atoms in total. The summed E-state index contributed by atoms with van der Waals surface area (Å²) in [6, 6.07) is -18.8. The molecule has 0 spiro atoms. The lowest BCUT2D eigenvalue weighted by molar-refractivity contribution is -0.586. The molecule has 1 aliphatic heterocycles. The molecule has 0 aromatic rings. The van der Waals surface area contributed by atoms with Gasteiger partial charge in [0.25, 0.3) is 0 Å². The Morgan fingerprint density at radius 2 is 1.16 bits per heavy atom. The molecule has 0 unspecified atom stereocenters. The zero-order chi connectivity index (χ0) is 15.5. The van der Waals surface area contributed by atoms with Crippen molar-refractivity contribution in [3.05, 3.63) is 0 Å². The highest BCUT2D eigenvalue weighted by Crippen LogP contribution is 2.58. The summed E-state index contributed by atoms with van der Waals surface area (Å²) in [7, 11) is 0. The van der Waals surface area contributed by atoms with Gasteiger partial charge in [0.1, 0.15) is 6.61 Å². The van der Waals surface area contributed by atoms with Gasteiger partial charge >= 0.3 is 30.4 Å². The van der Waals surface area contributed by atoms with E-state index < -0.39 is 41.9 Å². The SMILES string of the molecule is OCC(F)(F)N1C(F)(F)C(F)(F)OC(F)(F)C1(F)F. The Kier molecular flexibility index (Phi) is 3.29. The molecule has 0 amide bonds. The fourth-order valence-corrected chi connectivity index (χ4v) is 1.20. The number of ether oxygens (including phenoxy) is 1. The van der Waals surface area contributed by atoms with Crippen molar-refractivity contribution in [3.63, 3.8) is 0 Å². The van der Waals surface area contributed by atoms with Gasteiger partial charge in [-0.1, -0.05) is 0 Å². The molecule has 1 fully saturated rings. The van der Waals surface area contributed by atoms with Crippen LogP contribution in [0.5, 0.6) is 0 Å². The Bertz CT molecular complexity index is 343. The maximum Gasteiger partial charge on any atom is 0.439 e. The number of alkyl halides is 10. The molecule has 1 N–H and O–H groups in total. The van der Waals surface area contributed by atoms with Crippen molar-refractivity contribution < 1.29 is 53.7 Å². The molecular weight excluding hydrogens is 308 g/mol. The van der Waals surface area contributed by atoms with Gasteiger partial charge in [0, 0.05) is 0 Å². The minimum absolute atomic E-state index is 1.94. The molecule has 19 heavy (non-hydrogen) atoms. The summed E-state index contributed by atoms with van der Waals surface area (Å²) in [5.74, 6) is 0. The molecule has 114 valence electrons. The second-order valence-corrected chi connectivity index (χ2v) is 3.38. The summed E-state index contributed by atoms with van der Waals surface area (Å²) in [6.07, 6.45) is -12.7. The molecule has 0 radical (unpaired) electrons. The molecule has 0 aromatic heterocycles. The summed E-state index contributed by atoms with van der Waals surface area (Å²) in [5.41, 5.74) is 0. The highest BCUT2D eigenvalue weighted by Gasteiger charge is 2.86. The van der Waals surface area contributed by atoms with E-state index in [1.165, 1.54) is 0 Å². The van der Waals surface area contributed by atoms with Crippen molar-refractivity contribution in [3.8, 4) is 0 Å². The first-order valence-corrected chi connectivity index (χ1v) is 4.14. The molecule has 0 atom stereocenters. The zero-order valence-corrected chi connectivity index (χ0v) is 8.29. The third-order valence-corrected chi connectivity index (χ3v) is 2.04. The largest absolute Gasteiger partial charge is 0.439 e. The Labute approximate surface area is 96.9 Å². The molecule has 1 heterocycles. The van der Waals surface area contributed by atoms with E-state index in [0.717, 1.165) is 0 Å². The number of aliphatic hydroxyl groups is 1. The van der Waals surface area contributed by atoms with Gasteiger partial charge < -0.3 is 5.11 Å². The van der Waals surface area contributed by atoms with Crippen LogP contribution < -0.4 is 0 Å². The van der Waals surface area contributed by atoms with Crippen LogP contribution in [0.3, 0.4) is 0 Å². The van der Waals surface area contributed by atoms with Crippen LogP contribution in [0.4, 0.5) is 43.9 Å². The van der Waals surface area contributed by atoms with Gasteiger partial charge in [-0.2, -0.15) is 43.9 Å². The number of morpholine rings is 1. The smallest absolute Gasteiger partial charge is 0.389 e. The van der Waals surface area contributed by atoms with Gasteiger partial charge in [0.2, 0.25) is 0 Å². The Morgan fingerprint density at radius 1 is 0.842 bits per heavy atom. The predicted octanol–water partition coefficient (Wildman–Crippen LogP) is 2.27. The van der Waals surface area contributed by atoms with Crippen LogP contribution in [0.2, 0.25) is 0 Å². The van der Waals surface area contributed by atoms with E-state index in [4.69, 9.17) is 5.11 Å². The van der Waals surface area contributed by atoms with Crippen LogP contribution >= 0.6 is 0 Å². The number of hydrogen-bond acceptors (Lipinski definition) is 3. The Balaban J connectivity index is 3.51. The van der Waals surface area contributed by atoms with Gasteiger partial charge in [-0.25, -0.2) is 4.74 Å². The van der Waals surface area contributed by atoms with Gasteiger partial charge in [0.15, 0.2) is 0 Å². The van der Waals surface area contributed by atoms with Crippen LogP contribution in [0.1, 0.15) is 0 Å². The van der Waals surface area contributed by atoms with Gasteiger partial charge in [-0.05, 0) is 0 Å². The monoisotopic (exact) mass is 311 g/mol. The zero-order valence-electron chi connectivity index (χ0n) is 8.29. The number of halogens is 10. The second kappa shape index (κ2) is 3.85. The molecule has 0 aromatic carbocycles. The van der Waals surface area contributed by atoms with E-state index in [1.807, 2.05) is 4.74 Å². The summed E-state index contributed by atoms with van der Waals surface area (Å²) in [4.78, 5) is -3.06. The van der Waals surface area contributed by atoms with E-state index in [0.29, 0.717) is 0 Å². The van der Waals surface area contributed by atoms with Gasteiger partial charge in [-0.15, -0.1) is 4.90 Å². The summed E-state index contributed by atoms with van der Waals surface area (Å²) >= 11 is 0. The van der Waals surface area contributed by atoms with E-state index >= 15 is 0 Å². The van der Waals surface area contributed by atoms with Crippen molar-refractivity contribution in [1.82, 2.24) is 4.90 Å². The number of nitrogens with zero attached hydrogens (tertiary/aromatic N) is 1. The molecule has 0 aliphatic carbocycles. The van der Waals surface area contributed by atoms with Gasteiger partial charge in [-0.3, -0.25) is 0 Å². The van der Waals surface area contributed by atoms with Crippen LogP contribution in [0, 0.1) is 0 Å². The minimum Gasteiger partial charge on any atom is -0.389 e. The van der Waals surface area contributed by atoms with Crippen LogP contribution in [-0.4, -0.2) is 47.0 Å². The maximum atomic E-state index is 12.8. The fraction of sp³-hybridized carbons (Fsp3) is 1.00. The number of rotatable bonds is 2. The normalized spacial score (nSPS) is 29.2. The second-order valence-electron chi connectivity index (χ2n) is 3.38. The summed E-state index contributed by atoms with van der Waals surface area (Å²) < 4.78 is 129. The molecule has 1 aliphatic rings. The topological polar surface area (TPSA) is 32.7 Å². The average molecular weight is 311 g/mol. The van der Waals surface area contributed by atoms with Crippen LogP contribution in [0.25, 0.3) is 0 Å². The quantitative estimate of drug-likeness (QED) is 0.627. The van der Waals surface area contributed by atoms with E-state index in [1.54, 1.807) is 0 Å². The maximum absolute atomic E-state index is 12.8. The Morgan fingerprint density at radius 3 is 1.42 bits per heavy atom. The van der Waals surface area contributed by atoms with Gasteiger partial charge in [0.05, 0.1) is 0 Å². The summed E-state index contributed by atoms with van der Waals surface area (Å²) in [5, 5.41) is 7.96. The molecule has 1 rings (SSSR count). The average Bonchev–Trinajstić information content (AvgIpc) is 2.12. The molecule has 13 heteroatoms. The minimum atomic E-state index is -6.50.